The van der Waals surface area contributed by atoms with Gasteiger partial charge in [0.2, 0.25) is 0 Å². The van der Waals surface area contributed by atoms with E-state index >= 15 is 0 Å². The standard InChI is InChI=1S/C48H54N2/c1-33(2)36-20-22-42-43(31-36)45(49(38-15-11-9-12-16-38)39-25-27-47(6,7)28-26-39)41-21-19-37(34(3)4)32-44(41)46(42)50(40-17-13-10-14-18-40)48(8)29-23-35(5)24-30-48/h9-27,29,31,33-34,37H,28,30,32H2,1-8H3/t37?,48-/m1/s1. The number of anilines is 4. The van der Waals surface area contributed by atoms with Crippen LogP contribution in [0.3, 0.4) is 0 Å². The van der Waals surface area contributed by atoms with Crippen LogP contribution in [-0.4, -0.2) is 5.54 Å². The molecule has 0 bridgehead atoms. The van der Waals surface area contributed by atoms with Crippen molar-refractivity contribution >= 4 is 39.6 Å². The number of para-hydroxylation sites is 2. The van der Waals surface area contributed by atoms with Gasteiger partial charge in [0.25, 0.3) is 0 Å². The van der Waals surface area contributed by atoms with Crippen LogP contribution in [-0.2, 0) is 6.42 Å². The maximum Gasteiger partial charge on any atom is 0.0643 e. The number of allylic oxidation sites excluding steroid dienone is 6. The van der Waals surface area contributed by atoms with Gasteiger partial charge in [-0.05, 0) is 104 Å². The molecular formula is C48H54N2. The normalized spacial score (nSPS) is 21.0. The highest BCUT2D eigenvalue weighted by atomic mass is 15.2. The van der Waals surface area contributed by atoms with Crippen molar-refractivity contribution in [3.05, 3.63) is 149 Å². The molecule has 0 spiro atoms. The minimum Gasteiger partial charge on any atom is -0.331 e. The Kier molecular flexibility index (Phi) is 9.01. The van der Waals surface area contributed by atoms with Crippen LogP contribution in [0.5, 0.6) is 0 Å². The lowest BCUT2D eigenvalue weighted by Crippen LogP contribution is -2.43. The molecule has 0 saturated carbocycles. The maximum absolute atomic E-state index is 2.68. The SMILES string of the molecule is CC1=CC[C@](C)(N(c2ccccc2)c2c3c(c(N(C4=CCC(C)(C)C=C4)c4ccccc4)c4cc(C(C)C)ccc24)C=CC(C(C)C)C3)C=C1. The predicted octanol–water partition coefficient (Wildman–Crippen LogP) is 13.6. The van der Waals surface area contributed by atoms with E-state index in [1.807, 2.05) is 0 Å². The van der Waals surface area contributed by atoms with Crippen LogP contribution in [0.4, 0.5) is 22.7 Å². The summed E-state index contributed by atoms with van der Waals surface area (Å²) in [5, 5.41) is 2.61. The average molecular weight is 659 g/mol. The van der Waals surface area contributed by atoms with Crippen LogP contribution in [0, 0.1) is 17.3 Å². The van der Waals surface area contributed by atoms with E-state index in [9.17, 15) is 0 Å². The van der Waals surface area contributed by atoms with Gasteiger partial charge in [0.15, 0.2) is 0 Å². The second kappa shape index (κ2) is 13.3. The molecule has 0 saturated heterocycles. The van der Waals surface area contributed by atoms with E-state index < -0.39 is 0 Å². The largest absolute Gasteiger partial charge is 0.331 e. The lowest BCUT2D eigenvalue weighted by molar-refractivity contribution is 0.460. The molecule has 50 heavy (non-hydrogen) atoms. The summed E-state index contributed by atoms with van der Waals surface area (Å²) in [6, 6.07) is 29.5. The average Bonchev–Trinajstić information content (AvgIpc) is 3.11. The van der Waals surface area contributed by atoms with E-state index in [4.69, 9.17) is 0 Å². The first-order valence-corrected chi connectivity index (χ1v) is 18.7. The van der Waals surface area contributed by atoms with Crippen LogP contribution in [0.25, 0.3) is 16.8 Å². The molecule has 3 aliphatic rings. The van der Waals surface area contributed by atoms with E-state index in [1.54, 1.807) is 0 Å². The quantitative estimate of drug-likeness (QED) is 0.174. The highest BCUT2D eigenvalue weighted by molar-refractivity contribution is 6.11. The maximum atomic E-state index is 2.68. The van der Waals surface area contributed by atoms with E-state index in [1.165, 1.54) is 61.5 Å². The number of hydrogen-bond donors (Lipinski definition) is 0. The highest BCUT2D eigenvalue weighted by Crippen LogP contribution is 2.53. The van der Waals surface area contributed by atoms with Crippen molar-refractivity contribution in [1.82, 2.24) is 0 Å². The van der Waals surface area contributed by atoms with Crippen LogP contribution in [0.1, 0.15) is 90.8 Å². The Hall–Kier alpha value is -4.56. The van der Waals surface area contributed by atoms with Crippen LogP contribution in [0.2, 0.25) is 0 Å². The molecule has 2 heteroatoms. The van der Waals surface area contributed by atoms with Crippen molar-refractivity contribution in [2.45, 2.75) is 86.1 Å². The van der Waals surface area contributed by atoms with Gasteiger partial charge in [0.1, 0.15) is 0 Å². The Bertz CT molecular complexity index is 2040. The molecule has 3 aliphatic carbocycles. The Morgan fingerprint density at radius 2 is 1.40 bits per heavy atom. The summed E-state index contributed by atoms with van der Waals surface area (Å²) in [5.41, 5.74) is 11.7. The Labute approximate surface area is 301 Å². The molecule has 4 aromatic rings. The summed E-state index contributed by atoms with van der Waals surface area (Å²) in [4.78, 5) is 5.24. The molecule has 0 aromatic heterocycles. The van der Waals surface area contributed by atoms with Crippen molar-refractivity contribution in [3.8, 4) is 0 Å². The molecule has 0 radical (unpaired) electrons. The molecular weight excluding hydrogens is 605 g/mol. The molecule has 4 aromatic carbocycles. The Morgan fingerprint density at radius 1 is 0.700 bits per heavy atom. The van der Waals surface area contributed by atoms with Gasteiger partial charge in [-0.15, -0.1) is 0 Å². The predicted molar refractivity (Wildman–Crippen MR) is 218 cm³/mol. The topological polar surface area (TPSA) is 6.48 Å². The molecule has 0 N–H and O–H groups in total. The van der Waals surface area contributed by atoms with Gasteiger partial charge in [-0.3, -0.25) is 0 Å². The lowest BCUT2D eigenvalue weighted by atomic mass is 9.78. The molecule has 1 unspecified atom stereocenters. The summed E-state index contributed by atoms with van der Waals surface area (Å²) in [5.74, 6) is 1.40. The number of nitrogens with zero attached hydrogens (tertiary/aromatic N) is 2. The first-order chi connectivity index (χ1) is 24.0. The zero-order valence-electron chi connectivity index (χ0n) is 31.4. The first-order valence-electron chi connectivity index (χ1n) is 18.7. The fourth-order valence-electron chi connectivity index (χ4n) is 7.97. The molecule has 2 atom stereocenters. The second-order valence-corrected chi connectivity index (χ2v) is 16.4. The minimum atomic E-state index is -0.242. The van der Waals surface area contributed by atoms with E-state index in [0.29, 0.717) is 17.8 Å². The number of fused-ring (bicyclic) bond motifs is 2. The smallest absolute Gasteiger partial charge is 0.0643 e. The molecule has 2 nitrogen and oxygen atoms in total. The minimum absolute atomic E-state index is 0.137. The molecule has 0 aliphatic heterocycles. The monoisotopic (exact) mass is 658 g/mol. The van der Waals surface area contributed by atoms with Crippen LogP contribution < -0.4 is 9.80 Å². The lowest BCUT2D eigenvalue weighted by Gasteiger charge is -2.45. The molecule has 256 valence electrons. The summed E-state index contributed by atoms with van der Waals surface area (Å²) < 4.78 is 0. The number of hydrogen-bond acceptors (Lipinski definition) is 2. The van der Waals surface area contributed by atoms with Crippen molar-refractivity contribution in [1.29, 1.82) is 0 Å². The second-order valence-electron chi connectivity index (χ2n) is 16.4. The fraction of sp³-hybridized carbons (Fsp3) is 0.333. The van der Waals surface area contributed by atoms with Crippen LogP contribution in [0.15, 0.2) is 133 Å². The van der Waals surface area contributed by atoms with E-state index in [-0.39, 0.29) is 11.0 Å². The third-order valence-corrected chi connectivity index (χ3v) is 11.2. The third-order valence-electron chi connectivity index (χ3n) is 11.2. The molecule has 0 amide bonds. The first kappa shape index (κ1) is 33.9. The molecule has 7 rings (SSSR count). The molecule has 0 heterocycles. The van der Waals surface area contributed by atoms with E-state index in [2.05, 4.69) is 193 Å². The number of rotatable bonds is 8. The Balaban J connectivity index is 1.62. The van der Waals surface area contributed by atoms with Crippen molar-refractivity contribution in [2.75, 3.05) is 9.80 Å². The summed E-state index contributed by atoms with van der Waals surface area (Å²) >= 11 is 0. The summed E-state index contributed by atoms with van der Waals surface area (Å²) in [7, 11) is 0. The van der Waals surface area contributed by atoms with Crippen molar-refractivity contribution in [2.24, 2.45) is 17.3 Å². The fourth-order valence-corrected chi connectivity index (χ4v) is 7.97. The van der Waals surface area contributed by atoms with Gasteiger partial charge in [0, 0.05) is 33.4 Å². The van der Waals surface area contributed by atoms with Gasteiger partial charge in [-0.25, -0.2) is 0 Å². The number of benzene rings is 4. The van der Waals surface area contributed by atoms with Gasteiger partial charge < -0.3 is 9.80 Å². The van der Waals surface area contributed by atoms with Gasteiger partial charge in [0.05, 0.1) is 16.9 Å². The summed E-state index contributed by atoms with van der Waals surface area (Å²) in [6.45, 7) is 18.7. The summed E-state index contributed by atoms with van der Waals surface area (Å²) in [6.07, 6.45) is 22.3. The van der Waals surface area contributed by atoms with Crippen molar-refractivity contribution in [3.63, 3.8) is 0 Å². The molecule has 0 fully saturated rings. The van der Waals surface area contributed by atoms with Gasteiger partial charge in [-0.1, -0.05) is 138 Å². The zero-order chi connectivity index (χ0) is 35.2. The third kappa shape index (κ3) is 6.30. The van der Waals surface area contributed by atoms with Gasteiger partial charge in [-0.2, -0.15) is 0 Å². The van der Waals surface area contributed by atoms with Gasteiger partial charge >= 0.3 is 0 Å². The highest BCUT2D eigenvalue weighted by Gasteiger charge is 2.38. The zero-order valence-corrected chi connectivity index (χ0v) is 31.4. The van der Waals surface area contributed by atoms with Crippen molar-refractivity contribution < 1.29 is 0 Å². The van der Waals surface area contributed by atoms with Crippen LogP contribution >= 0.6 is 0 Å². The van der Waals surface area contributed by atoms with E-state index in [0.717, 1.165) is 19.3 Å². The Morgan fingerprint density at radius 3 is 2.00 bits per heavy atom.